The minimum absolute atomic E-state index is 0.0464. The molecule has 0 saturated carbocycles. The molecule has 2 aromatic carbocycles. The van der Waals surface area contributed by atoms with E-state index in [-0.39, 0.29) is 4.90 Å². The van der Waals surface area contributed by atoms with Crippen molar-refractivity contribution in [3.8, 4) is 0 Å². The largest absolute Gasteiger partial charge is 0.369 e. The first-order chi connectivity index (χ1) is 10.8. The minimum atomic E-state index is -3.82. The number of hydrogen-bond acceptors (Lipinski definition) is 5. The van der Waals surface area contributed by atoms with E-state index in [0.29, 0.717) is 21.8 Å². The van der Waals surface area contributed by atoms with Gasteiger partial charge in [0.25, 0.3) is 0 Å². The number of carbonyl (C=O) groups is 1. The molecule has 0 radical (unpaired) electrons. The van der Waals surface area contributed by atoms with E-state index in [1.54, 1.807) is 12.1 Å². The highest BCUT2D eigenvalue weighted by Crippen LogP contribution is 2.24. The van der Waals surface area contributed by atoms with Crippen LogP contribution in [0, 0.1) is 0 Å². The van der Waals surface area contributed by atoms with Crippen LogP contribution in [0.25, 0.3) is 21.8 Å². The van der Waals surface area contributed by atoms with Gasteiger partial charge in [0.15, 0.2) is 9.84 Å². The Balaban J connectivity index is 2.28. The summed E-state index contributed by atoms with van der Waals surface area (Å²) in [5.41, 5.74) is 4.20. The highest BCUT2D eigenvalue weighted by Gasteiger charge is 2.18. The molecule has 0 unspecified atom stereocenters. The fourth-order valence-corrected chi connectivity index (χ4v) is 3.48. The lowest BCUT2D eigenvalue weighted by atomic mass is 10.1. The van der Waals surface area contributed by atoms with Crippen LogP contribution in [0.4, 0.5) is 0 Å². The number of rotatable bonds is 3. The molecule has 8 nitrogen and oxygen atoms in total. The fraction of sp³-hybridized carbons (Fsp3) is 0.0714. The van der Waals surface area contributed by atoms with Gasteiger partial charge in [-0.2, -0.15) is 0 Å². The van der Waals surface area contributed by atoms with E-state index in [4.69, 9.17) is 5.73 Å². The number of amides is 1. The molecule has 0 atom stereocenters. The summed E-state index contributed by atoms with van der Waals surface area (Å²) in [6.45, 7) is 0. The molecule has 9 heteroatoms. The van der Waals surface area contributed by atoms with Gasteiger partial charge in [0, 0.05) is 5.39 Å². The number of nitrogens with two attached hydrogens (primary N) is 1. The van der Waals surface area contributed by atoms with Crippen molar-refractivity contribution < 1.29 is 13.2 Å². The van der Waals surface area contributed by atoms with E-state index in [0.717, 1.165) is 0 Å². The summed E-state index contributed by atoms with van der Waals surface area (Å²) in [5.74, 6) is -1.72. The maximum absolute atomic E-state index is 12.0. The number of fused-ring (bicyclic) bond motifs is 3. The number of aromatic nitrogens is 2. The molecule has 1 aromatic heterocycles. The van der Waals surface area contributed by atoms with Crippen molar-refractivity contribution in [2.24, 2.45) is 5.73 Å². The molecule has 4 N–H and O–H groups in total. The number of H-pyrrole nitrogens is 2. The van der Waals surface area contributed by atoms with Crippen molar-refractivity contribution in [1.82, 2.24) is 9.97 Å². The van der Waals surface area contributed by atoms with E-state index in [1.807, 2.05) is 0 Å². The highest BCUT2D eigenvalue weighted by atomic mass is 32.2. The zero-order valence-electron chi connectivity index (χ0n) is 11.6. The summed E-state index contributed by atoms with van der Waals surface area (Å²) in [6.07, 6.45) is 0. The third kappa shape index (κ3) is 2.61. The molecule has 0 aliphatic carbocycles. The number of hydrogen-bond donors (Lipinski definition) is 3. The van der Waals surface area contributed by atoms with Crippen molar-refractivity contribution in [2.75, 3.05) is 5.75 Å². The van der Waals surface area contributed by atoms with Crippen LogP contribution >= 0.6 is 0 Å². The molecule has 0 saturated heterocycles. The van der Waals surface area contributed by atoms with Crippen LogP contribution in [0.15, 0.2) is 44.8 Å². The summed E-state index contributed by atoms with van der Waals surface area (Å²) >= 11 is 0. The van der Waals surface area contributed by atoms with E-state index < -0.39 is 32.6 Å². The Hall–Kier alpha value is -2.94. The van der Waals surface area contributed by atoms with Crippen LogP contribution in [-0.4, -0.2) is 30.0 Å². The van der Waals surface area contributed by atoms with E-state index >= 15 is 0 Å². The van der Waals surface area contributed by atoms with Crippen molar-refractivity contribution >= 4 is 37.6 Å². The smallest absolute Gasteiger partial charge is 0.314 e. The highest BCUT2D eigenvalue weighted by molar-refractivity contribution is 7.92. The standard InChI is InChI=1S/C14H11N3O5S/c15-11(18)6-23(21,22)8-2-3-9-7(5-8)1-4-10-12(9)17-14(20)13(19)16-10/h1-5H,6H2,(H2,15,18)(H,16,19)(H,17,20). The van der Waals surface area contributed by atoms with Crippen LogP contribution in [0.5, 0.6) is 0 Å². The van der Waals surface area contributed by atoms with Crippen molar-refractivity contribution in [3.63, 3.8) is 0 Å². The second-order valence-corrected chi connectivity index (χ2v) is 6.99. The zero-order valence-corrected chi connectivity index (χ0v) is 12.4. The quantitative estimate of drug-likeness (QED) is 0.442. The molecule has 3 aromatic rings. The van der Waals surface area contributed by atoms with Crippen molar-refractivity contribution in [3.05, 3.63) is 51.0 Å². The number of aromatic amines is 2. The van der Waals surface area contributed by atoms with Crippen molar-refractivity contribution in [1.29, 1.82) is 0 Å². The second-order valence-electron chi connectivity index (χ2n) is 5.00. The van der Waals surface area contributed by atoms with E-state index in [2.05, 4.69) is 9.97 Å². The van der Waals surface area contributed by atoms with Crippen LogP contribution in [0.1, 0.15) is 0 Å². The number of primary amides is 1. The second kappa shape index (κ2) is 5.06. The lowest BCUT2D eigenvalue weighted by Crippen LogP contribution is -2.28. The molecule has 1 amide bonds. The Kier molecular flexibility index (Phi) is 3.29. The van der Waals surface area contributed by atoms with Gasteiger partial charge in [0.1, 0.15) is 5.75 Å². The summed E-state index contributed by atoms with van der Waals surface area (Å²) in [6, 6.07) is 7.37. The monoisotopic (exact) mass is 333 g/mol. The molecule has 3 rings (SSSR count). The van der Waals surface area contributed by atoms with Gasteiger partial charge in [0.2, 0.25) is 5.91 Å². The Morgan fingerprint density at radius 1 is 1.04 bits per heavy atom. The Bertz CT molecular complexity index is 1170. The van der Waals surface area contributed by atoms with Gasteiger partial charge in [-0.15, -0.1) is 0 Å². The Morgan fingerprint density at radius 3 is 2.43 bits per heavy atom. The predicted molar refractivity (Wildman–Crippen MR) is 83.9 cm³/mol. The predicted octanol–water partition coefficient (Wildman–Crippen LogP) is -0.371. The van der Waals surface area contributed by atoms with E-state index in [9.17, 15) is 22.8 Å². The molecule has 0 fully saturated rings. The van der Waals surface area contributed by atoms with Gasteiger partial charge in [-0.05, 0) is 23.6 Å². The molecule has 118 valence electrons. The topological polar surface area (TPSA) is 143 Å². The summed E-state index contributed by atoms with van der Waals surface area (Å²) < 4.78 is 24.1. The zero-order chi connectivity index (χ0) is 16.8. The van der Waals surface area contributed by atoms with Gasteiger partial charge >= 0.3 is 11.1 Å². The van der Waals surface area contributed by atoms with Gasteiger partial charge in [-0.25, -0.2) is 8.42 Å². The van der Waals surface area contributed by atoms with Crippen molar-refractivity contribution in [2.45, 2.75) is 4.90 Å². The normalized spacial score (nSPS) is 11.8. The number of benzene rings is 2. The van der Waals surface area contributed by atoms with Gasteiger partial charge < -0.3 is 15.7 Å². The molecule has 0 bridgehead atoms. The lowest BCUT2D eigenvalue weighted by Gasteiger charge is -2.06. The molecule has 0 spiro atoms. The molecule has 0 aliphatic heterocycles. The first kappa shape index (κ1) is 15.0. The first-order valence-electron chi connectivity index (χ1n) is 6.48. The summed E-state index contributed by atoms with van der Waals surface area (Å²) in [7, 11) is -3.82. The van der Waals surface area contributed by atoms with E-state index in [1.165, 1.54) is 18.2 Å². The van der Waals surface area contributed by atoms with Crippen LogP contribution < -0.4 is 16.9 Å². The summed E-state index contributed by atoms with van der Waals surface area (Å²) in [5, 5.41) is 1.10. The maximum Gasteiger partial charge on any atom is 0.314 e. The van der Waals surface area contributed by atoms with Gasteiger partial charge in [-0.3, -0.25) is 14.4 Å². The minimum Gasteiger partial charge on any atom is -0.369 e. The summed E-state index contributed by atoms with van der Waals surface area (Å²) in [4.78, 5) is 38.5. The van der Waals surface area contributed by atoms with Crippen LogP contribution in [-0.2, 0) is 14.6 Å². The molecule has 23 heavy (non-hydrogen) atoms. The Morgan fingerprint density at radius 2 is 1.74 bits per heavy atom. The average Bonchev–Trinajstić information content (AvgIpc) is 2.46. The average molecular weight is 333 g/mol. The van der Waals surface area contributed by atoms with Gasteiger partial charge in [-0.1, -0.05) is 12.1 Å². The first-order valence-corrected chi connectivity index (χ1v) is 8.13. The lowest BCUT2D eigenvalue weighted by molar-refractivity contribution is -0.115. The van der Waals surface area contributed by atoms with Crippen LogP contribution in [0.2, 0.25) is 0 Å². The molecular formula is C14H11N3O5S. The fourth-order valence-electron chi connectivity index (χ4n) is 2.36. The third-order valence-corrected chi connectivity index (χ3v) is 5.01. The molecule has 1 heterocycles. The number of nitrogens with one attached hydrogen (secondary N) is 2. The van der Waals surface area contributed by atoms with Gasteiger partial charge in [0.05, 0.1) is 15.9 Å². The maximum atomic E-state index is 12.0. The third-order valence-electron chi connectivity index (χ3n) is 3.38. The Labute approximate surface area is 128 Å². The molecule has 0 aliphatic rings. The number of sulfone groups is 1. The SMILES string of the molecule is NC(=O)CS(=O)(=O)c1ccc2c(ccc3[nH]c(=O)c(=O)[nH]c32)c1. The molecular weight excluding hydrogens is 322 g/mol. The number of carbonyl (C=O) groups excluding carboxylic acids is 1. The van der Waals surface area contributed by atoms with Crippen LogP contribution in [0.3, 0.4) is 0 Å².